The number of rotatable bonds is 5. The molecule has 1 fully saturated rings. The Morgan fingerprint density at radius 2 is 2.10 bits per heavy atom. The molecule has 1 aliphatic rings. The topological polar surface area (TPSA) is 47.7 Å². The highest BCUT2D eigenvalue weighted by Crippen LogP contribution is 2.44. The Morgan fingerprint density at radius 3 is 2.60 bits per heavy atom. The number of ether oxygens (including phenoxy) is 2. The van der Waals surface area contributed by atoms with Crippen LogP contribution < -0.4 is 15.2 Å². The van der Waals surface area contributed by atoms with E-state index in [4.69, 9.17) is 15.2 Å². The van der Waals surface area contributed by atoms with Crippen LogP contribution in [0.5, 0.6) is 11.5 Å². The minimum Gasteiger partial charge on any atom is -0.497 e. The third-order valence-corrected chi connectivity index (χ3v) is 4.79. The normalized spacial score (nSPS) is 23.1. The Morgan fingerprint density at radius 1 is 1.35 bits per heavy atom. The second-order valence-electron chi connectivity index (χ2n) is 5.24. The van der Waals surface area contributed by atoms with E-state index in [1.807, 2.05) is 6.07 Å². The summed E-state index contributed by atoms with van der Waals surface area (Å²) in [5.41, 5.74) is 7.04. The van der Waals surface area contributed by atoms with Gasteiger partial charge in [-0.25, -0.2) is 0 Å². The van der Waals surface area contributed by atoms with E-state index in [1.54, 1.807) is 26.0 Å². The molecule has 1 aliphatic heterocycles. The molecule has 5 heteroatoms. The van der Waals surface area contributed by atoms with Crippen molar-refractivity contribution in [3.63, 3.8) is 0 Å². The van der Waals surface area contributed by atoms with Crippen LogP contribution in [0.25, 0.3) is 0 Å². The van der Waals surface area contributed by atoms with Gasteiger partial charge >= 0.3 is 0 Å². The summed E-state index contributed by atoms with van der Waals surface area (Å²) in [6.07, 6.45) is 3.13. The third kappa shape index (κ3) is 2.90. The van der Waals surface area contributed by atoms with Gasteiger partial charge in [-0.3, -0.25) is 4.90 Å². The van der Waals surface area contributed by atoms with Crippen molar-refractivity contribution in [2.75, 3.05) is 40.6 Å². The van der Waals surface area contributed by atoms with Gasteiger partial charge in [0.25, 0.3) is 0 Å². The fraction of sp³-hybridized carbons (Fsp3) is 0.600. The molecule has 2 N–H and O–H groups in total. The van der Waals surface area contributed by atoms with Gasteiger partial charge < -0.3 is 15.2 Å². The average Bonchev–Trinajstić information content (AvgIpc) is 2.86. The average molecular weight is 296 g/mol. The van der Waals surface area contributed by atoms with Crippen molar-refractivity contribution in [1.82, 2.24) is 4.90 Å². The first-order valence-electron chi connectivity index (χ1n) is 6.84. The van der Waals surface area contributed by atoms with Gasteiger partial charge in [0.2, 0.25) is 0 Å². The second-order valence-corrected chi connectivity index (χ2v) is 6.09. The van der Waals surface area contributed by atoms with E-state index in [1.165, 1.54) is 5.56 Å². The fourth-order valence-corrected chi connectivity index (χ4v) is 3.59. The lowest BCUT2D eigenvalue weighted by Gasteiger charge is -2.24. The van der Waals surface area contributed by atoms with E-state index in [9.17, 15) is 0 Å². The summed E-state index contributed by atoms with van der Waals surface area (Å²) in [6, 6.07) is 4.47. The number of nitrogens with zero attached hydrogens (tertiary/aromatic N) is 1. The minimum atomic E-state index is 0.347. The quantitative estimate of drug-likeness (QED) is 0.845. The van der Waals surface area contributed by atoms with Gasteiger partial charge in [0.05, 0.1) is 19.1 Å². The van der Waals surface area contributed by atoms with Gasteiger partial charge in [0, 0.05) is 18.2 Å². The van der Waals surface area contributed by atoms with E-state index in [2.05, 4.69) is 24.3 Å². The summed E-state index contributed by atoms with van der Waals surface area (Å²) in [6.45, 7) is 1.78. The summed E-state index contributed by atoms with van der Waals surface area (Å²) in [4.78, 5) is 3.48. The molecule has 4 nitrogen and oxygen atoms in total. The molecule has 0 bridgehead atoms. The van der Waals surface area contributed by atoms with E-state index in [0.29, 0.717) is 12.0 Å². The van der Waals surface area contributed by atoms with Crippen LogP contribution in [0.1, 0.15) is 18.0 Å². The van der Waals surface area contributed by atoms with E-state index < -0.39 is 0 Å². The Labute approximate surface area is 125 Å². The minimum absolute atomic E-state index is 0.347. The molecule has 1 saturated heterocycles. The molecule has 1 aromatic carbocycles. The lowest BCUT2D eigenvalue weighted by molar-refractivity contribution is 0.299. The van der Waals surface area contributed by atoms with Gasteiger partial charge in [0.15, 0.2) is 0 Å². The summed E-state index contributed by atoms with van der Waals surface area (Å²) in [5, 5.41) is 0. The Bertz CT molecular complexity index is 467. The zero-order chi connectivity index (χ0) is 14.7. The highest BCUT2D eigenvalue weighted by Gasteiger charge is 2.32. The van der Waals surface area contributed by atoms with Crippen LogP contribution in [0.3, 0.4) is 0 Å². The summed E-state index contributed by atoms with van der Waals surface area (Å²) in [5.74, 6) is 2.40. The molecule has 2 atom stereocenters. The molecule has 2 unspecified atom stereocenters. The first kappa shape index (κ1) is 15.5. The van der Waals surface area contributed by atoms with Crippen LogP contribution in [-0.2, 0) is 0 Å². The summed E-state index contributed by atoms with van der Waals surface area (Å²) in [7, 11) is 5.59. The molecule has 0 spiro atoms. The third-order valence-electron chi connectivity index (χ3n) is 4.04. The predicted octanol–water partition coefficient (Wildman–Crippen LogP) is 2.38. The molecule has 1 heterocycles. The molecular weight excluding hydrogens is 272 g/mol. The van der Waals surface area contributed by atoms with Crippen molar-refractivity contribution in [2.24, 2.45) is 11.7 Å². The molecule has 2 rings (SSSR count). The van der Waals surface area contributed by atoms with Crippen molar-refractivity contribution < 1.29 is 9.47 Å². The van der Waals surface area contributed by atoms with Crippen molar-refractivity contribution in [3.8, 4) is 11.5 Å². The van der Waals surface area contributed by atoms with Gasteiger partial charge in [-0.2, -0.15) is 0 Å². The Kier molecular flexibility index (Phi) is 5.18. The number of hydrogen-bond donors (Lipinski definition) is 1. The van der Waals surface area contributed by atoms with E-state index in [0.717, 1.165) is 35.9 Å². The first-order chi connectivity index (χ1) is 9.64. The lowest BCUT2D eigenvalue weighted by Crippen LogP contribution is -2.21. The number of methoxy groups -OCH3 is 2. The molecule has 0 amide bonds. The van der Waals surface area contributed by atoms with Crippen molar-refractivity contribution in [2.45, 2.75) is 17.4 Å². The van der Waals surface area contributed by atoms with Crippen molar-refractivity contribution in [3.05, 3.63) is 17.7 Å². The number of hydrogen-bond acceptors (Lipinski definition) is 5. The number of thioether (sulfide) groups is 1. The smallest absolute Gasteiger partial charge is 0.137 e. The maximum absolute atomic E-state index is 5.83. The molecule has 0 saturated carbocycles. The van der Waals surface area contributed by atoms with Crippen LogP contribution in [0.2, 0.25) is 0 Å². The largest absolute Gasteiger partial charge is 0.497 e. The highest BCUT2D eigenvalue weighted by molar-refractivity contribution is 7.98. The standard InChI is InChI=1S/C15H24N2O2S/c1-17-9-10(8-16)5-13(17)12-6-11(18-2)7-14(20-4)15(12)19-3/h6-7,10,13H,5,8-9,16H2,1-4H3. The van der Waals surface area contributed by atoms with Crippen LogP contribution in [0.4, 0.5) is 0 Å². The summed E-state index contributed by atoms with van der Waals surface area (Å²) >= 11 is 1.68. The van der Waals surface area contributed by atoms with Crippen LogP contribution in [0.15, 0.2) is 17.0 Å². The highest BCUT2D eigenvalue weighted by atomic mass is 32.2. The molecule has 0 aromatic heterocycles. The second kappa shape index (κ2) is 6.70. The molecule has 20 heavy (non-hydrogen) atoms. The van der Waals surface area contributed by atoms with E-state index in [-0.39, 0.29) is 0 Å². The zero-order valence-corrected chi connectivity index (χ0v) is 13.5. The SMILES string of the molecule is COc1cc(SC)c(OC)c(C2CC(CN)CN2C)c1. The molecule has 1 aromatic rings. The molecular formula is C15H24N2O2S. The first-order valence-corrected chi connectivity index (χ1v) is 8.07. The predicted molar refractivity (Wildman–Crippen MR) is 83.9 cm³/mol. The number of benzene rings is 1. The van der Waals surface area contributed by atoms with Crippen LogP contribution >= 0.6 is 11.8 Å². The van der Waals surface area contributed by atoms with Crippen molar-refractivity contribution >= 4 is 11.8 Å². The van der Waals surface area contributed by atoms with Crippen molar-refractivity contribution in [1.29, 1.82) is 0 Å². The molecule has 0 aliphatic carbocycles. The maximum atomic E-state index is 5.83. The fourth-order valence-electron chi connectivity index (χ4n) is 2.97. The van der Waals surface area contributed by atoms with E-state index >= 15 is 0 Å². The van der Waals surface area contributed by atoms with Gasteiger partial charge in [-0.1, -0.05) is 0 Å². The monoisotopic (exact) mass is 296 g/mol. The number of nitrogens with two attached hydrogens (primary N) is 1. The Hall–Kier alpha value is -0.910. The molecule has 112 valence electrons. The zero-order valence-electron chi connectivity index (χ0n) is 12.7. The number of likely N-dealkylation sites (tertiary alicyclic amines) is 1. The Balaban J connectivity index is 2.43. The maximum Gasteiger partial charge on any atom is 0.137 e. The summed E-state index contributed by atoms with van der Waals surface area (Å²) < 4.78 is 11.1. The van der Waals surface area contributed by atoms with Gasteiger partial charge in [-0.15, -0.1) is 11.8 Å². The van der Waals surface area contributed by atoms with Crippen LogP contribution in [-0.4, -0.2) is 45.5 Å². The molecule has 0 radical (unpaired) electrons. The van der Waals surface area contributed by atoms with Crippen LogP contribution in [0, 0.1) is 5.92 Å². The lowest BCUT2D eigenvalue weighted by atomic mass is 9.99. The van der Waals surface area contributed by atoms with Gasteiger partial charge in [-0.05, 0) is 44.3 Å². The van der Waals surface area contributed by atoms with Gasteiger partial charge in [0.1, 0.15) is 11.5 Å².